The number of anilines is 1. The van der Waals surface area contributed by atoms with Gasteiger partial charge in [-0.15, -0.1) is 10.2 Å². The molecule has 0 radical (unpaired) electrons. The zero-order valence-electron chi connectivity index (χ0n) is 19.0. The maximum atomic E-state index is 13.3. The summed E-state index contributed by atoms with van der Waals surface area (Å²) in [5, 5.41) is 11.2. The van der Waals surface area contributed by atoms with Crippen LogP contribution in [0.25, 0.3) is 22.0 Å². The lowest BCUT2D eigenvalue weighted by Crippen LogP contribution is -2.49. The summed E-state index contributed by atoms with van der Waals surface area (Å²) < 4.78 is 39.2. The molecule has 0 N–H and O–H groups in total. The summed E-state index contributed by atoms with van der Waals surface area (Å²) in [6, 6.07) is 22.9. The minimum atomic E-state index is -3.65. The van der Waals surface area contributed by atoms with Crippen LogP contribution in [0.5, 0.6) is 11.5 Å². The fourth-order valence-electron chi connectivity index (χ4n) is 4.61. The minimum Gasteiger partial charge on any atom is -0.486 e. The average Bonchev–Trinajstić information content (AvgIpc) is 2.93. The molecular formula is C26H24N4O4S. The van der Waals surface area contributed by atoms with Gasteiger partial charge in [-0.05, 0) is 12.1 Å². The fraction of sp³-hybridized carbons (Fsp3) is 0.231. The maximum Gasteiger partial charge on any atom is 0.243 e. The lowest BCUT2D eigenvalue weighted by atomic mass is 10.0. The Morgan fingerprint density at radius 2 is 1.40 bits per heavy atom. The van der Waals surface area contributed by atoms with Gasteiger partial charge in [0.05, 0.1) is 4.90 Å². The molecule has 9 heteroatoms. The molecule has 0 spiro atoms. The van der Waals surface area contributed by atoms with Gasteiger partial charge in [-0.1, -0.05) is 54.6 Å². The number of nitrogens with zero attached hydrogens (tertiary/aromatic N) is 4. The van der Waals surface area contributed by atoms with Crippen LogP contribution in [0.1, 0.15) is 0 Å². The van der Waals surface area contributed by atoms with Gasteiger partial charge in [-0.25, -0.2) is 8.42 Å². The third kappa shape index (κ3) is 3.96. The van der Waals surface area contributed by atoms with E-state index in [1.54, 1.807) is 18.2 Å². The van der Waals surface area contributed by atoms with E-state index >= 15 is 0 Å². The Morgan fingerprint density at radius 1 is 0.714 bits per heavy atom. The van der Waals surface area contributed by atoms with E-state index in [2.05, 4.69) is 21.2 Å². The first-order valence-electron chi connectivity index (χ1n) is 11.6. The van der Waals surface area contributed by atoms with Crippen LogP contribution in [0, 0.1) is 0 Å². The topological polar surface area (TPSA) is 84.9 Å². The third-order valence-electron chi connectivity index (χ3n) is 6.40. The van der Waals surface area contributed by atoms with E-state index in [9.17, 15) is 8.42 Å². The molecule has 1 aromatic heterocycles. The molecule has 3 heterocycles. The molecule has 8 nitrogen and oxygen atoms in total. The van der Waals surface area contributed by atoms with Crippen molar-refractivity contribution < 1.29 is 17.9 Å². The summed E-state index contributed by atoms with van der Waals surface area (Å²) in [7, 11) is -3.65. The van der Waals surface area contributed by atoms with Crippen molar-refractivity contribution in [1.82, 2.24) is 14.5 Å². The zero-order chi connectivity index (χ0) is 23.8. The average molecular weight is 489 g/mol. The molecule has 1 saturated heterocycles. The molecule has 0 unspecified atom stereocenters. The monoisotopic (exact) mass is 488 g/mol. The number of sulfonamides is 1. The van der Waals surface area contributed by atoms with E-state index in [0.29, 0.717) is 50.9 Å². The van der Waals surface area contributed by atoms with Crippen molar-refractivity contribution in [2.45, 2.75) is 4.90 Å². The number of aromatic nitrogens is 2. The first kappa shape index (κ1) is 21.8. The molecule has 0 saturated carbocycles. The van der Waals surface area contributed by atoms with Gasteiger partial charge in [0.15, 0.2) is 17.3 Å². The number of ether oxygens (including phenoxy) is 2. The van der Waals surface area contributed by atoms with Gasteiger partial charge in [-0.2, -0.15) is 4.31 Å². The zero-order valence-corrected chi connectivity index (χ0v) is 19.8. The van der Waals surface area contributed by atoms with Crippen molar-refractivity contribution in [1.29, 1.82) is 0 Å². The summed E-state index contributed by atoms with van der Waals surface area (Å²) in [4.78, 5) is 2.33. The number of hydrogen-bond donors (Lipinski definition) is 0. The second-order valence-electron chi connectivity index (χ2n) is 8.48. The Labute approximate surface area is 203 Å². The Hall–Kier alpha value is -3.69. The smallest absolute Gasteiger partial charge is 0.243 e. The molecule has 178 valence electrons. The highest BCUT2D eigenvalue weighted by Gasteiger charge is 2.31. The van der Waals surface area contributed by atoms with Crippen molar-refractivity contribution in [3.05, 3.63) is 72.8 Å². The SMILES string of the molecule is O=S(=O)(c1ccc2c(c1)OCCO2)N1CCN(c2nnc(-c3ccccc3)c3ccccc23)CC1. The second kappa shape index (κ2) is 8.83. The molecule has 0 amide bonds. The van der Waals surface area contributed by atoms with Crippen LogP contribution < -0.4 is 14.4 Å². The Balaban J connectivity index is 1.25. The van der Waals surface area contributed by atoms with Crippen LogP contribution >= 0.6 is 0 Å². The van der Waals surface area contributed by atoms with Crippen molar-refractivity contribution in [3.63, 3.8) is 0 Å². The molecule has 2 aliphatic heterocycles. The summed E-state index contributed by atoms with van der Waals surface area (Å²) >= 11 is 0. The standard InChI is InChI=1S/C26H24N4O4S/c31-35(32,20-10-11-23-24(18-20)34-17-16-33-23)30-14-12-29(13-15-30)26-22-9-5-4-8-21(22)25(27-28-26)19-6-2-1-3-7-19/h1-11,18H,12-17H2. The molecule has 6 rings (SSSR count). The molecule has 3 aromatic carbocycles. The Morgan fingerprint density at radius 3 is 2.17 bits per heavy atom. The number of rotatable bonds is 4. The van der Waals surface area contributed by atoms with E-state index in [1.165, 1.54) is 4.31 Å². The quantitative estimate of drug-likeness (QED) is 0.434. The lowest BCUT2D eigenvalue weighted by molar-refractivity contribution is 0.171. The largest absolute Gasteiger partial charge is 0.486 e. The van der Waals surface area contributed by atoms with Gasteiger partial charge in [0, 0.05) is 48.6 Å². The van der Waals surface area contributed by atoms with Crippen molar-refractivity contribution in [2.24, 2.45) is 0 Å². The number of fused-ring (bicyclic) bond motifs is 2. The highest BCUT2D eigenvalue weighted by Crippen LogP contribution is 2.34. The maximum absolute atomic E-state index is 13.3. The summed E-state index contributed by atoms with van der Waals surface area (Å²) in [5.74, 6) is 1.82. The van der Waals surface area contributed by atoms with Gasteiger partial charge >= 0.3 is 0 Å². The van der Waals surface area contributed by atoms with Gasteiger partial charge in [0.2, 0.25) is 10.0 Å². The first-order chi connectivity index (χ1) is 17.1. The van der Waals surface area contributed by atoms with Gasteiger partial charge in [0.1, 0.15) is 18.9 Å². The van der Waals surface area contributed by atoms with Gasteiger partial charge in [0.25, 0.3) is 0 Å². The van der Waals surface area contributed by atoms with E-state index < -0.39 is 10.0 Å². The highest BCUT2D eigenvalue weighted by molar-refractivity contribution is 7.89. The molecule has 0 aliphatic carbocycles. The molecule has 35 heavy (non-hydrogen) atoms. The van der Waals surface area contributed by atoms with Gasteiger partial charge < -0.3 is 14.4 Å². The first-order valence-corrected chi connectivity index (χ1v) is 13.0. The van der Waals surface area contributed by atoms with Crippen molar-refractivity contribution in [3.8, 4) is 22.8 Å². The van der Waals surface area contributed by atoms with Crippen LogP contribution in [0.2, 0.25) is 0 Å². The lowest BCUT2D eigenvalue weighted by Gasteiger charge is -2.35. The molecule has 2 aliphatic rings. The van der Waals surface area contributed by atoms with E-state index in [4.69, 9.17) is 9.47 Å². The predicted octanol–water partition coefficient (Wildman–Crippen LogP) is 3.58. The van der Waals surface area contributed by atoms with E-state index in [0.717, 1.165) is 27.8 Å². The normalized spacial score (nSPS) is 16.4. The third-order valence-corrected chi connectivity index (χ3v) is 8.30. The number of piperazine rings is 1. The van der Waals surface area contributed by atoms with E-state index in [-0.39, 0.29) is 4.90 Å². The Bertz CT molecular complexity index is 1490. The summed E-state index contributed by atoms with van der Waals surface area (Å²) in [6.07, 6.45) is 0. The molecule has 0 atom stereocenters. The highest BCUT2D eigenvalue weighted by atomic mass is 32.2. The van der Waals surface area contributed by atoms with Crippen molar-refractivity contribution >= 4 is 26.6 Å². The molecule has 4 aromatic rings. The minimum absolute atomic E-state index is 0.215. The number of hydrogen-bond acceptors (Lipinski definition) is 7. The summed E-state index contributed by atoms with van der Waals surface area (Å²) in [6.45, 7) is 2.62. The number of benzene rings is 3. The molecule has 0 bridgehead atoms. The second-order valence-corrected chi connectivity index (χ2v) is 10.4. The van der Waals surface area contributed by atoms with Crippen LogP contribution in [0.3, 0.4) is 0 Å². The predicted molar refractivity (Wildman–Crippen MR) is 133 cm³/mol. The summed E-state index contributed by atoms with van der Waals surface area (Å²) in [5.41, 5.74) is 1.85. The van der Waals surface area contributed by atoms with Gasteiger partial charge in [-0.3, -0.25) is 0 Å². The van der Waals surface area contributed by atoms with Crippen LogP contribution in [0.15, 0.2) is 77.7 Å². The Kier molecular flexibility index (Phi) is 5.50. The van der Waals surface area contributed by atoms with Crippen molar-refractivity contribution in [2.75, 3.05) is 44.3 Å². The molecular weight excluding hydrogens is 464 g/mol. The van der Waals surface area contributed by atoms with Crippen LogP contribution in [-0.4, -0.2) is 62.3 Å². The molecule has 1 fully saturated rings. The fourth-order valence-corrected chi connectivity index (χ4v) is 6.04. The van der Waals surface area contributed by atoms with Crippen LogP contribution in [0.4, 0.5) is 5.82 Å². The van der Waals surface area contributed by atoms with Crippen LogP contribution in [-0.2, 0) is 10.0 Å². The van der Waals surface area contributed by atoms with E-state index in [1.807, 2.05) is 48.5 Å².